The summed E-state index contributed by atoms with van der Waals surface area (Å²) in [5, 5.41) is 24.3. The first kappa shape index (κ1) is 78.5. The van der Waals surface area contributed by atoms with Crippen LogP contribution in [-0.2, 0) is 0 Å². The van der Waals surface area contributed by atoms with Crippen LogP contribution in [0.2, 0.25) is 0 Å². The van der Waals surface area contributed by atoms with Gasteiger partial charge < -0.3 is 89.3 Å². The average molecular weight is 1580 g/mol. The van der Waals surface area contributed by atoms with Crippen LogP contribution in [0.5, 0.6) is 11.5 Å². The van der Waals surface area contributed by atoms with Crippen LogP contribution in [0.4, 0.5) is 101 Å². The molecule has 13 heterocycles. The highest BCUT2D eigenvalue weighted by Crippen LogP contribution is 2.46. The number of hydrogen-bond donors (Lipinski definition) is 4. The van der Waals surface area contributed by atoms with Gasteiger partial charge in [-0.25, -0.2) is 29.9 Å². The third kappa shape index (κ3) is 16.4. The van der Waals surface area contributed by atoms with Gasteiger partial charge in [0, 0.05) is 173 Å². The van der Waals surface area contributed by atoms with E-state index in [9.17, 15) is 19.5 Å². The quantitative estimate of drug-likeness (QED) is 0.0659. The number of nitrogens with zero attached hydrogens (tertiary/aromatic N) is 22. The Morgan fingerprint density at radius 2 is 0.866 bits per heavy atom. The maximum atomic E-state index is 13.3. The molecule has 4 N–H and O–H groups in total. The van der Waals surface area contributed by atoms with Gasteiger partial charge in [-0.1, -0.05) is 0 Å². The number of thiazole rings is 3. The van der Waals surface area contributed by atoms with Gasteiger partial charge in [0.2, 0.25) is 17.8 Å². The smallest absolute Gasteiger partial charge is 0.280 e. The average Bonchev–Trinajstić information content (AvgIpc) is 1.62. The highest BCUT2D eigenvalue weighted by Gasteiger charge is 2.38. The molecule has 0 bridgehead atoms. The van der Waals surface area contributed by atoms with Crippen LogP contribution in [0.1, 0.15) is 85.7 Å². The molecular formula is C78H101N25O6S3. The number of piperidine rings is 1. The van der Waals surface area contributed by atoms with E-state index in [1.54, 1.807) is 40.4 Å². The highest BCUT2D eigenvalue weighted by atomic mass is 32.1. The molecule has 0 aliphatic carbocycles. The first-order valence-corrected chi connectivity index (χ1v) is 40.8. The zero-order valence-corrected chi connectivity index (χ0v) is 68.9. The van der Waals surface area contributed by atoms with Gasteiger partial charge in [0.25, 0.3) is 17.7 Å². The lowest BCUT2D eigenvalue weighted by Gasteiger charge is -2.42. The van der Waals surface area contributed by atoms with E-state index in [0.717, 1.165) is 143 Å². The van der Waals surface area contributed by atoms with Crippen molar-refractivity contribution in [2.75, 3.05) is 234 Å². The minimum absolute atomic E-state index is 0.0875. The van der Waals surface area contributed by atoms with Crippen molar-refractivity contribution < 1.29 is 29.0 Å². The van der Waals surface area contributed by atoms with Crippen molar-refractivity contribution in [3.8, 4) is 11.5 Å². The number of ether oxygens (including phenoxy) is 2. The van der Waals surface area contributed by atoms with Crippen molar-refractivity contribution in [3.63, 3.8) is 0 Å². The fraction of sp³-hybridized carbons (Fsp3) is 0.462. The number of hydrogen-bond acceptors (Lipinski definition) is 31. The molecule has 0 radical (unpaired) electrons. The molecule has 9 aromatic rings. The van der Waals surface area contributed by atoms with E-state index in [-0.39, 0.29) is 30.9 Å². The third-order valence-corrected chi connectivity index (χ3v) is 24.6. The van der Waals surface area contributed by atoms with Gasteiger partial charge in [-0.15, -0.1) is 34.0 Å². The van der Waals surface area contributed by atoms with Gasteiger partial charge in [-0.05, 0) is 130 Å². The van der Waals surface area contributed by atoms with Gasteiger partial charge in [-0.2, -0.15) is 15.0 Å². The number of fused-ring (bicyclic) bond motifs is 6. The van der Waals surface area contributed by atoms with Crippen molar-refractivity contribution >= 4 is 153 Å². The molecule has 31 nitrogen and oxygen atoms in total. The van der Waals surface area contributed by atoms with E-state index in [4.69, 9.17) is 24.4 Å². The monoisotopic (exact) mass is 1580 g/mol. The highest BCUT2D eigenvalue weighted by molar-refractivity contribution is 7.17. The number of aliphatic hydroxyl groups excluding tert-OH is 1. The zero-order chi connectivity index (χ0) is 78.8. The maximum Gasteiger partial charge on any atom is 0.280 e. The molecule has 4 saturated heterocycles. The van der Waals surface area contributed by atoms with E-state index in [0.29, 0.717) is 107 Å². The van der Waals surface area contributed by atoms with Crippen LogP contribution in [0, 0.1) is 27.7 Å². The zero-order valence-electron chi connectivity index (χ0n) is 66.4. The van der Waals surface area contributed by atoms with Crippen molar-refractivity contribution in [2.24, 2.45) is 0 Å². The number of anilines is 18. The van der Waals surface area contributed by atoms with E-state index < -0.39 is 0 Å². The van der Waals surface area contributed by atoms with Crippen LogP contribution in [-0.4, -0.2) is 267 Å². The summed E-state index contributed by atoms with van der Waals surface area (Å²) in [4.78, 5) is 109. The van der Waals surface area contributed by atoms with Crippen LogP contribution in [0.3, 0.4) is 0 Å². The number of aryl methyl sites for hydroxylation is 4. The van der Waals surface area contributed by atoms with Gasteiger partial charge >= 0.3 is 0 Å². The topological polar surface area (TPSA) is 284 Å². The molecule has 6 aromatic heterocycles. The van der Waals surface area contributed by atoms with Gasteiger partial charge in [0.1, 0.15) is 50.2 Å². The first-order valence-electron chi connectivity index (χ1n) is 38.3. The van der Waals surface area contributed by atoms with Gasteiger partial charge in [-0.3, -0.25) is 19.3 Å². The van der Waals surface area contributed by atoms with Crippen LogP contribution >= 0.6 is 34.0 Å². The van der Waals surface area contributed by atoms with Crippen LogP contribution in [0.15, 0.2) is 73.2 Å². The van der Waals surface area contributed by atoms with Crippen molar-refractivity contribution in [2.45, 2.75) is 67.3 Å². The Kier molecular flexibility index (Phi) is 23.8. The Hall–Kier alpha value is -10.2. The summed E-state index contributed by atoms with van der Waals surface area (Å²) >= 11 is 4.45. The maximum absolute atomic E-state index is 13.3. The molecule has 0 saturated carbocycles. The summed E-state index contributed by atoms with van der Waals surface area (Å²) in [6, 6.07) is 19.3. The summed E-state index contributed by atoms with van der Waals surface area (Å²) in [7, 11) is 14.0. The number of benzene rings is 3. The second-order valence-corrected chi connectivity index (χ2v) is 32.4. The number of aliphatic hydroxyl groups is 1. The van der Waals surface area contributed by atoms with E-state index in [1.165, 1.54) is 65.6 Å². The fourth-order valence-electron chi connectivity index (χ4n) is 15.1. The minimum atomic E-state index is -0.157. The van der Waals surface area contributed by atoms with Crippen molar-refractivity contribution in [1.82, 2.24) is 64.5 Å². The number of rotatable bonds is 17. The molecule has 592 valence electrons. The molecule has 4 fully saturated rings. The number of aromatic nitrogens is 9. The summed E-state index contributed by atoms with van der Waals surface area (Å²) in [5.74, 6) is 4.31. The Morgan fingerprint density at radius 1 is 0.455 bits per heavy atom. The van der Waals surface area contributed by atoms with Crippen LogP contribution < -0.4 is 69.5 Å². The van der Waals surface area contributed by atoms with Crippen LogP contribution in [0.25, 0.3) is 0 Å². The molecule has 7 aliphatic heterocycles. The number of carbonyl (C=O) groups excluding carboxylic acids is 3. The molecule has 34 heteroatoms. The Bertz CT molecular complexity index is 4890. The first-order chi connectivity index (χ1) is 54.1. The molecule has 3 amide bonds. The number of carbonyl (C=O) groups is 3. The molecule has 3 aromatic carbocycles. The second-order valence-electron chi connectivity index (χ2n) is 28.8. The third-order valence-electron chi connectivity index (χ3n) is 21.5. The van der Waals surface area contributed by atoms with E-state index >= 15 is 0 Å². The summed E-state index contributed by atoms with van der Waals surface area (Å²) < 4.78 is 11.7. The minimum Gasteiger partial charge on any atom is -0.495 e. The normalized spacial score (nSPS) is 17.1. The van der Waals surface area contributed by atoms with Gasteiger partial charge in [0.05, 0.1) is 58.7 Å². The molecule has 0 atom stereocenters. The molecule has 16 rings (SSSR count). The molecule has 0 unspecified atom stereocenters. The SMILES string of the molecule is CCN1C(=O)c2nc(C)sc2N(C)c2nc(Nc3ccc(N4CCC(N5CCN(C)CC5)CC4)c(OC)c3)ncc21.CCN1C(=O)c2nc(C)sc2N(C)c2nc(Nc3ccc(N4CCN(C)CC4)cc3C)ncc21.CCN1C(=O)c2nc(C)sc2N(C)c2nc(Nc3ccc(N4CCN(C)CC4)cc3OCCO)ncc21. The number of amides is 3. The lowest BCUT2D eigenvalue weighted by molar-refractivity contribution is 0.0977. The summed E-state index contributed by atoms with van der Waals surface area (Å²) in [5.41, 5.74) is 10.4. The lowest BCUT2D eigenvalue weighted by Crippen LogP contribution is -2.52. The second kappa shape index (κ2) is 34.0. The van der Waals surface area contributed by atoms with Crippen molar-refractivity contribution in [3.05, 3.63) is 111 Å². The van der Waals surface area contributed by atoms with E-state index in [1.807, 2.05) is 95.6 Å². The molecule has 0 spiro atoms. The fourth-order valence-corrected chi connectivity index (χ4v) is 17.7. The standard InChI is InChI=1S/C29H39N9O2S.C25H32N8O3S.C24H30N8OS/c1-6-38-23-18-30-29(33-26(23)35(4)28-25(27(38)39)31-19(2)41-28)32-20-7-8-22(24(17-20)40-5)37-11-9-21(10-12-37)36-15-13-34(3)14-16-36;1-5-33-19-15-26-25(29-22(19)31(4)24-21(23(33)35)27-16(2)37-24)28-18-7-6-17(14-20(18)36-13-12-34)32-10-8-30(3)9-11-32;1-6-32-19-14-25-24(28-21(19)30(5)23-20(22(32)33)26-16(3)34-23)27-18-8-7-17(13-15(18)2)31-11-9-29(4)10-12-31/h7-8,17-18,21H,6,9-16H2,1-5H3,(H,30,32,33);6-7,14-15,34H,5,8-13H2,1-4H3,(H,26,28,29);7-8,13-14H,6,9-12H2,1-5H3,(H,25,27,28). The largest absolute Gasteiger partial charge is 0.495 e. The number of piperazine rings is 3. The lowest BCUT2D eigenvalue weighted by atomic mass is 10.0. The predicted molar refractivity (Wildman–Crippen MR) is 450 cm³/mol. The Labute approximate surface area is 666 Å². The Balaban J connectivity index is 0.000000140. The molecular weight excluding hydrogens is 1480 g/mol. The van der Waals surface area contributed by atoms with Crippen molar-refractivity contribution in [1.29, 1.82) is 0 Å². The number of nitrogens with one attached hydrogen (secondary N) is 3. The molecule has 112 heavy (non-hydrogen) atoms. The number of likely N-dealkylation sites (N-methyl/N-ethyl adjacent to an activating group) is 3. The molecule has 7 aliphatic rings. The summed E-state index contributed by atoms with van der Waals surface area (Å²) in [6.45, 7) is 30.0. The van der Waals surface area contributed by atoms with E-state index in [2.05, 4.69) is 145 Å². The Morgan fingerprint density at radius 3 is 1.29 bits per heavy atom. The predicted octanol–water partition coefficient (Wildman–Crippen LogP) is 10.6. The van der Waals surface area contributed by atoms with Gasteiger partial charge in [0.15, 0.2) is 34.5 Å². The summed E-state index contributed by atoms with van der Waals surface area (Å²) in [6.07, 6.45) is 7.43. The number of methoxy groups -OCH3 is 1.